The van der Waals surface area contributed by atoms with Gasteiger partial charge in [0.2, 0.25) is 15.9 Å². The molecule has 1 fully saturated rings. The molecule has 2 aliphatic heterocycles. The van der Waals surface area contributed by atoms with Crippen LogP contribution in [0.4, 0.5) is 5.69 Å². The first-order valence-electron chi connectivity index (χ1n) is 10.6. The molecule has 9 heteroatoms. The molecule has 2 aromatic carbocycles. The van der Waals surface area contributed by atoms with E-state index in [9.17, 15) is 13.2 Å². The molecule has 7 nitrogen and oxygen atoms in total. The molecule has 0 spiro atoms. The molecule has 172 valence electrons. The molecule has 32 heavy (non-hydrogen) atoms. The highest BCUT2D eigenvalue weighted by atomic mass is 79.9. The number of methoxy groups -OCH3 is 2. The third-order valence-electron chi connectivity index (χ3n) is 6.22. The zero-order valence-electron chi connectivity index (χ0n) is 18.4. The monoisotopic (exact) mass is 522 g/mol. The number of piperidine rings is 1. The van der Waals surface area contributed by atoms with E-state index in [1.807, 2.05) is 30.0 Å². The number of rotatable bonds is 5. The summed E-state index contributed by atoms with van der Waals surface area (Å²) in [7, 11) is -0.796. The number of anilines is 1. The van der Waals surface area contributed by atoms with E-state index in [-0.39, 0.29) is 29.3 Å². The fraction of sp³-hybridized carbons (Fsp3) is 0.435. The lowest BCUT2D eigenvalue weighted by molar-refractivity contribution is -0.123. The molecule has 0 radical (unpaired) electrons. The van der Waals surface area contributed by atoms with Gasteiger partial charge in [-0.25, -0.2) is 8.42 Å². The van der Waals surface area contributed by atoms with Crippen molar-refractivity contribution in [1.29, 1.82) is 0 Å². The van der Waals surface area contributed by atoms with Crippen molar-refractivity contribution in [2.75, 3.05) is 32.2 Å². The Morgan fingerprint density at radius 1 is 1.09 bits per heavy atom. The maximum Gasteiger partial charge on any atom is 0.243 e. The minimum Gasteiger partial charge on any atom is -0.493 e. The fourth-order valence-corrected chi connectivity index (χ4v) is 6.57. The number of ether oxygens (including phenoxy) is 2. The second-order valence-electron chi connectivity index (χ2n) is 8.25. The highest BCUT2D eigenvalue weighted by Crippen LogP contribution is 2.37. The molecular formula is C23H27BrN2O5S. The summed E-state index contributed by atoms with van der Waals surface area (Å²) in [4.78, 5) is 15.5. The Morgan fingerprint density at radius 2 is 1.84 bits per heavy atom. The summed E-state index contributed by atoms with van der Waals surface area (Å²) in [6.45, 7) is 2.59. The standard InChI is InChI=1S/C23H27BrN2O5S/c1-15-11-17-12-18(24)6-8-20(17)26(15)23(27)16-5-4-10-25(14-16)32(28,29)19-7-9-21(30-2)22(13-19)31-3/h6-9,12-13,15-16H,4-5,10-11,14H2,1-3H3. The van der Waals surface area contributed by atoms with Gasteiger partial charge in [-0.3, -0.25) is 4.79 Å². The number of carbonyl (C=O) groups excluding carboxylic acids is 1. The Kier molecular flexibility index (Phi) is 6.51. The highest BCUT2D eigenvalue weighted by molar-refractivity contribution is 9.10. The zero-order chi connectivity index (χ0) is 23.0. The van der Waals surface area contributed by atoms with Crippen molar-refractivity contribution in [3.63, 3.8) is 0 Å². The Morgan fingerprint density at radius 3 is 2.56 bits per heavy atom. The topological polar surface area (TPSA) is 76.2 Å². The summed E-state index contributed by atoms with van der Waals surface area (Å²) in [6.07, 6.45) is 2.10. The quantitative estimate of drug-likeness (QED) is 0.596. The largest absolute Gasteiger partial charge is 0.493 e. The molecule has 2 heterocycles. The van der Waals surface area contributed by atoms with Gasteiger partial charge in [-0.15, -0.1) is 0 Å². The predicted octanol–water partition coefficient (Wildman–Crippen LogP) is 3.84. The number of halogens is 1. The van der Waals surface area contributed by atoms with Crippen LogP contribution in [0.15, 0.2) is 45.8 Å². The molecule has 0 aliphatic carbocycles. The van der Waals surface area contributed by atoms with Crippen LogP contribution in [-0.2, 0) is 21.2 Å². The number of hydrogen-bond donors (Lipinski definition) is 0. The van der Waals surface area contributed by atoms with E-state index in [0.717, 1.165) is 22.1 Å². The van der Waals surface area contributed by atoms with Gasteiger partial charge < -0.3 is 14.4 Å². The number of benzene rings is 2. The summed E-state index contributed by atoms with van der Waals surface area (Å²) in [5, 5.41) is 0. The molecule has 0 saturated carbocycles. The predicted molar refractivity (Wildman–Crippen MR) is 126 cm³/mol. The van der Waals surface area contributed by atoms with Crippen molar-refractivity contribution in [2.45, 2.75) is 37.1 Å². The van der Waals surface area contributed by atoms with Crippen LogP contribution in [0.5, 0.6) is 11.5 Å². The molecule has 0 bridgehead atoms. The summed E-state index contributed by atoms with van der Waals surface area (Å²) >= 11 is 3.50. The average molecular weight is 523 g/mol. The van der Waals surface area contributed by atoms with E-state index in [4.69, 9.17) is 9.47 Å². The van der Waals surface area contributed by atoms with Crippen molar-refractivity contribution < 1.29 is 22.7 Å². The van der Waals surface area contributed by atoms with E-state index < -0.39 is 10.0 Å². The summed E-state index contributed by atoms with van der Waals surface area (Å²) in [5.41, 5.74) is 2.05. The van der Waals surface area contributed by atoms with Gasteiger partial charge in [0.1, 0.15) is 0 Å². The summed E-state index contributed by atoms with van der Waals surface area (Å²) in [5.74, 6) is 0.430. The molecule has 0 N–H and O–H groups in total. The molecule has 2 atom stereocenters. The van der Waals surface area contributed by atoms with E-state index >= 15 is 0 Å². The first-order chi connectivity index (χ1) is 15.3. The first-order valence-corrected chi connectivity index (χ1v) is 12.8. The lowest BCUT2D eigenvalue weighted by Crippen LogP contribution is -2.48. The van der Waals surface area contributed by atoms with Crippen molar-refractivity contribution in [3.05, 3.63) is 46.4 Å². The number of amides is 1. The summed E-state index contributed by atoms with van der Waals surface area (Å²) in [6, 6.07) is 10.6. The van der Waals surface area contributed by atoms with Crippen LogP contribution in [0, 0.1) is 5.92 Å². The summed E-state index contributed by atoms with van der Waals surface area (Å²) < 4.78 is 39.6. The van der Waals surface area contributed by atoms with Crippen molar-refractivity contribution in [1.82, 2.24) is 4.31 Å². The van der Waals surface area contributed by atoms with E-state index in [0.29, 0.717) is 30.9 Å². The van der Waals surface area contributed by atoms with Crippen molar-refractivity contribution in [3.8, 4) is 11.5 Å². The maximum absolute atomic E-state index is 13.5. The number of nitrogens with zero attached hydrogens (tertiary/aromatic N) is 2. The smallest absolute Gasteiger partial charge is 0.243 e. The third-order valence-corrected chi connectivity index (χ3v) is 8.58. The normalized spacial score (nSPS) is 21.3. The lowest BCUT2D eigenvalue weighted by Gasteiger charge is -2.34. The number of carbonyl (C=O) groups is 1. The SMILES string of the molecule is COc1ccc(S(=O)(=O)N2CCCC(C(=O)N3c4ccc(Br)cc4CC3C)C2)cc1OC. The average Bonchev–Trinajstić information content (AvgIpc) is 3.12. The number of sulfonamides is 1. The minimum absolute atomic E-state index is 0.00853. The van der Waals surface area contributed by atoms with Crippen molar-refractivity contribution in [2.24, 2.45) is 5.92 Å². The zero-order valence-corrected chi connectivity index (χ0v) is 20.8. The molecule has 0 aromatic heterocycles. The van der Waals surface area contributed by atoms with Crippen LogP contribution in [-0.4, -0.2) is 52.0 Å². The van der Waals surface area contributed by atoms with Gasteiger partial charge >= 0.3 is 0 Å². The number of fused-ring (bicyclic) bond motifs is 1. The second-order valence-corrected chi connectivity index (χ2v) is 11.1. The fourth-order valence-electron chi connectivity index (χ4n) is 4.62. The van der Waals surface area contributed by atoms with Gasteiger partial charge in [0.05, 0.1) is 25.0 Å². The van der Waals surface area contributed by atoms with Crippen LogP contribution in [0.1, 0.15) is 25.3 Å². The number of hydrogen-bond acceptors (Lipinski definition) is 5. The molecule has 2 unspecified atom stereocenters. The Hall–Kier alpha value is -2.10. The highest BCUT2D eigenvalue weighted by Gasteiger charge is 2.39. The Bertz CT molecular complexity index is 1140. The third kappa shape index (κ3) is 4.13. The van der Waals surface area contributed by atoms with Crippen LogP contribution < -0.4 is 14.4 Å². The van der Waals surface area contributed by atoms with E-state index in [1.54, 1.807) is 6.07 Å². The molecule has 4 rings (SSSR count). The van der Waals surface area contributed by atoms with Crippen LogP contribution in [0.25, 0.3) is 0 Å². The Labute approximate surface area is 197 Å². The van der Waals surface area contributed by atoms with Crippen LogP contribution in [0.3, 0.4) is 0 Å². The van der Waals surface area contributed by atoms with E-state index in [1.165, 1.54) is 30.7 Å². The second kappa shape index (κ2) is 9.03. The van der Waals surface area contributed by atoms with Gasteiger partial charge in [-0.1, -0.05) is 15.9 Å². The lowest BCUT2D eigenvalue weighted by atomic mass is 9.97. The Balaban J connectivity index is 1.57. The molecule has 1 amide bonds. The molecule has 2 aromatic rings. The maximum atomic E-state index is 13.5. The molecule has 1 saturated heterocycles. The van der Waals surface area contributed by atoms with Gasteiger partial charge in [0.15, 0.2) is 11.5 Å². The van der Waals surface area contributed by atoms with Crippen LogP contribution in [0.2, 0.25) is 0 Å². The van der Waals surface area contributed by atoms with Gasteiger partial charge in [0.25, 0.3) is 0 Å². The van der Waals surface area contributed by atoms with Gasteiger partial charge in [-0.05, 0) is 62.1 Å². The first kappa shape index (κ1) is 23.1. The van der Waals surface area contributed by atoms with E-state index in [2.05, 4.69) is 15.9 Å². The minimum atomic E-state index is -3.77. The molecular weight excluding hydrogens is 496 g/mol. The van der Waals surface area contributed by atoms with Gasteiger partial charge in [-0.2, -0.15) is 4.31 Å². The van der Waals surface area contributed by atoms with Crippen molar-refractivity contribution >= 4 is 37.5 Å². The van der Waals surface area contributed by atoms with Gasteiger partial charge in [0, 0.05) is 35.4 Å². The molecule has 2 aliphatic rings. The van der Waals surface area contributed by atoms with Crippen LogP contribution >= 0.6 is 15.9 Å².